The maximum atomic E-state index is 12.4. The predicted octanol–water partition coefficient (Wildman–Crippen LogP) is 6.05. The van der Waals surface area contributed by atoms with Crippen LogP contribution >= 0.6 is 34.8 Å². The molecule has 1 amide bonds. The molecular formula is C18H13Cl3N2O2. The van der Waals surface area contributed by atoms with Crippen LogP contribution in [-0.2, 0) is 0 Å². The van der Waals surface area contributed by atoms with E-state index in [1.807, 2.05) is 6.92 Å². The second-order valence-electron chi connectivity index (χ2n) is 5.43. The monoisotopic (exact) mass is 394 g/mol. The van der Waals surface area contributed by atoms with Gasteiger partial charge in [0.05, 0.1) is 16.4 Å². The summed E-state index contributed by atoms with van der Waals surface area (Å²) in [7, 11) is 0. The molecule has 0 atom stereocenters. The van der Waals surface area contributed by atoms with Crippen molar-refractivity contribution in [2.75, 3.05) is 11.1 Å². The molecule has 1 heterocycles. The van der Waals surface area contributed by atoms with Gasteiger partial charge in [0.2, 0.25) is 0 Å². The van der Waals surface area contributed by atoms with E-state index >= 15 is 0 Å². The Kier molecular flexibility index (Phi) is 4.95. The fourth-order valence-electron chi connectivity index (χ4n) is 2.29. The van der Waals surface area contributed by atoms with Crippen LogP contribution in [0.1, 0.15) is 16.1 Å². The molecule has 0 saturated heterocycles. The van der Waals surface area contributed by atoms with E-state index in [2.05, 4.69) is 5.32 Å². The van der Waals surface area contributed by atoms with Crippen molar-refractivity contribution in [3.63, 3.8) is 0 Å². The third-order valence-corrected chi connectivity index (χ3v) is 4.56. The lowest BCUT2D eigenvalue weighted by atomic mass is 10.2. The molecule has 7 heteroatoms. The van der Waals surface area contributed by atoms with Gasteiger partial charge in [-0.15, -0.1) is 0 Å². The minimum atomic E-state index is -0.442. The molecular weight excluding hydrogens is 383 g/mol. The second-order valence-corrected chi connectivity index (χ2v) is 6.68. The Morgan fingerprint density at radius 3 is 2.52 bits per heavy atom. The Morgan fingerprint density at radius 1 is 1.04 bits per heavy atom. The molecule has 3 rings (SSSR count). The summed E-state index contributed by atoms with van der Waals surface area (Å²) in [5.41, 5.74) is 8.22. The number of hydrogen-bond acceptors (Lipinski definition) is 3. The summed E-state index contributed by atoms with van der Waals surface area (Å²) >= 11 is 18.1. The Labute approximate surface area is 159 Å². The number of hydrogen-bond donors (Lipinski definition) is 2. The van der Waals surface area contributed by atoms with Gasteiger partial charge < -0.3 is 15.5 Å². The van der Waals surface area contributed by atoms with E-state index in [0.717, 1.165) is 5.56 Å². The summed E-state index contributed by atoms with van der Waals surface area (Å²) in [5.74, 6) is 0.141. The van der Waals surface area contributed by atoms with Gasteiger partial charge in [0, 0.05) is 15.6 Å². The van der Waals surface area contributed by atoms with Crippen molar-refractivity contribution in [2.45, 2.75) is 6.92 Å². The first-order chi connectivity index (χ1) is 11.8. The maximum absolute atomic E-state index is 12.4. The first-order valence-corrected chi connectivity index (χ1v) is 8.41. The SMILES string of the molecule is Cc1cc(N)c(NC(=O)c2ccc(-c3ccc(Cl)cc3Cl)o2)cc1Cl. The van der Waals surface area contributed by atoms with E-state index in [0.29, 0.717) is 37.8 Å². The Hall–Kier alpha value is -2.14. The highest BCUT2D eigenvalue weighted by molar-refractivity contribution is 6.36. The highest BCUT2D eigenvalue weighted by atomic mass is 35.5. The Balaban J connectivity index is 1.85. The highest BCUT2D eigenvalue weighted by Gasteiger charge is 2.16. The maximum Gasteiger partial charge on any atom is 0.291 e. The fraction of sp³-hybridized carbons (Fsp3) is 0.0556. The van der Waals surface area contributed by atoms with Crippen LogP contribution in [0.2, 0.25) is 15.1 Å². The van der Waals surface area contributed by atoms with E-state index < -0.39 is 5.91 Å². The zero-order chi connectivity index (χ0) is 18.1. The van der Waals surface area contributed by atoms with E-state index in [9.17, 15) is 4.79 Å². The lowest BCUT2D eigenvalue weighted by molar-refractivity contribution is 0.0997. The lowest BCUT2D eigenvalue weighted by Gasteiger charge is -2.09. The van der Waals surface area contributed by atoms with Crippen LogP contribution in [-0.4, -0.2) is 5.91 Å². The largest absolute Gasteiger partial charge is 0.451 e. The number of furan rings is 1. The molecule has 4 nitrogen and oxygen atoms in total. The molecule has 0 radical (unpaired) electrons. The highest BCUT2D eigenvalue weighted by Crippen LogP contribution is 2.32. The molecule has 2 aromatic carbocycles. The molecule has 25 heavy (non-hydrogen) atoms. The lowest BCUT2D eigenvalue weighted by Crippen LogP contribution is -2.12. The molecule has 0 bridgehead atoms. The third kappa shape index (κ3) is 3.76. The average molecular weight is 396 g/mol. The van der Waals surface area contributed by atoms with Crippen molar-refractivity contribution >= 4 is 52.1 Å². The zero-order valence-corrected chi connectivity index (χ0v) is 15.3. The normalized spacial score (nSPS) is 10.7. The van der Waals surface area contributed by atoms with Crippen LogP contribution in [0, 0.1) is 6.92 Å². The van der Waals surface area contributed by atoms with Crippen molar-refractivity contribution in [3.05, 3.63) is 68.9 Å². The summed E-state index contributed by atoms with van der Waals surface area (Å²) in [4.78, 5) is 12.4. The second kappa shape index (κ2) is 7.00. The van der Waals surface area contributed by atoms with Crippen molar-refractivity contribution in [3.8, 4) is 11.3 Å². The first-order valence-electron chi connectivity index (χ1n) is 7.27. The number of anilines is 2. The van der Waals surface area contributed by atoms with Crippen LogP contribution in [0.3, 0.4) is 0 Å². The van der Waals surface area contributed by atoms with Crippen molar-refractivity contribution in [1.82, 2.24) is 0 Å². The van der Waals surface area contributed by atoms with Gasteiger partial charge in [0.1, 0.15) is 5.76 Å². The van der Waals surface area contributed by atoms with Gasteiger partial charge in [-0.05, 0) is 55.0 Å². The standard InChI is InChI=1S/C18H13Cl3N2O2/c1-9-6-14(22)15(8-12(9)20)23-18(24)17-5-4-16(25-17)11-3-2-10(19)7-13(11)21/h2-8H,22H2,1H3,(H,23,24). The molecule has 0 aliphatic rings. The average Bonchev–Trinajstić information content (AvgIpc) is 3.02. The number of amides is 1. The van der Waals surface area contributed by atoms with E-state index in [1.165, 1.54) is 0 Å². The van der Waals surface area contributed by atoms with Gasteiger partial charge in [-0.2, -0.15) is 0 Å². The van der Waals surface area contributed by atoms with Gasteiger partial charge in [0.25, 0.3) is 5.91 Å². The molecule has 0 aliphatic carbocycles. The van der Waals surface area contributed by atoms with Crippen LogP contribution in [0.25, 0.3) is 11.3 Å². The molecule has 0 fully saturated rings. The molecule has 128 valence electrons. The molecule has 1 aromatic heterocycles. The number of rotatable bonds is 3. The van der Waals surface area contributed by atoms with Crippen molar-refractivity contribution in [1.29, 1.82) is 0 Å². The van der Waals surface area contributed by atoms with Crippen LogP contribution in [0.4, 0.5) is 11.4 Å². The smallest absolute Gasteiger partial charge is 0.291 e. The number of carbonyl (C=O) groups excluding carboxylic acids is 1. The van der Waals surface area contributed by atoms with E-state index in [1.54, 1.807) is 42.5 Å². The fourth-order valence-corrected chi connectivity index (χ4v) is 2.96. The molecule has 0 saturated carbocycles. The first kappa shape index (κ1) is 17.7. The summed E-state index contributed by atoms with van der Waals surface area (Å²) in [6, 6.07) is 11.5. The number of nitrogen functional groups attached to an aromatic ring is 1. The van der Waals surface area contributed by atoms with Gasteiger partial charge >= 0.3 is 0 Å². The van der Waals surface area contributed by atoms with E-state index in [-0.39, 0.29) is 5.76 Å². The molecule has 0 unspecified atom stereocenters. The molecule has 0 aliphatic heterocycles. The van der Waals surface area contributed by atoms with Crippen LogP contribution in [0.15, 0.2) is 46.9 Å². The van der Waals surface area contributed by atoms with Crippen LogP contribution < -0.4 is 11.1 Å². The Bertz CT molecular complexity index is 967. The topological polar surface area (TPSA) is 68.3 Å². The van der Waals surface area contributed by atoms with Gasteiger partial charge in [-0.25, -0.2) is 0 Å². The van der Waals surface area contributed by atoms with Gasteiger partial charge in [0.15, 0.2) is 5.76 Å². The summed E-state index contributed by atoms with van der Waals surface area (Å²) in [6.45, 7) is 1.83. The number of benzene rings is 2. The van der Waals surface area contributed by atoms with Crippen LogP contribution in [0.5, 0.6) is 0 Å². The number of nitrogens with two attached hydrogens (primary N) is 1. The number of aryl methyl sites for hydroxylation is 1. The third-order valence-electron chi connectivity index (χ3n) is 3.61. The number of halogens is 3. The molecule has 0 spiro atoms. The molecule has 3 aromatic rings. The van der Waals surface area contributed by atoms with Gasteiger partial charge in [-0.1, -0.05) is 34.8 Å². The summed E-state index contributed by atoms with van der Waals surface area (Å²) in [5, 5.41) is 4.15. The minimum Gasteiger partial charge on any atom is -0.451 e. The summed E-state index contributed by atoms with van der Waals surface area (Å²) in [6.07, 6.45) is 0. The summed E-state index contributed by atoms with van der Waals surface area (Å²) < 4.78 is 5.60. The number of carbonyl (C=O) groups is 1. The zero-order valence-electron chi connectivity index (χ0n) is 13.1. The van der Waals surface area contributed by atoms with Gasteiger partial charge in [-0.3, -0.25) is 4.79 Å². The van der Waals surface area contributed by atoms with E-state index in [4.69, 9.17) is 45.0 Å². The minimum absolute atomic E-state index is 0.122. The quantitative estimate of drug-likeness (QED) is 0.530. The molecule has 3 N–H and O–H groups in total. The predicted molar refractivity (Wildman–Crippen MR) is 103 cm³/mol. The number of nitrogens with one attached hydrogen (secondary N) is 1. The van der Waals surface area contributed by atoms with Crippen molar-refractivity contribution in [2.24, 2.45) is 0 Å². The van der Waals surface area contributed by atoms with Crippen molar-refractivity contribution < 1.29 is 9.21 Å². The Morgan fingerprint density at radius 2 is 1.80 bits per heavy atom.